The van der Waals surface area contributed by atoms with Gasteiger partial charge in [-0.05, 0) is 31.6 Å². The number of rotatable bonds is 2. The maximum absolute atomic E-state index is 10.9. The monoisotopic (exact) mass is 188 g/mol. The number of hydrogen-bond donors (Lipinski definition) is 0. The van der Waals surface area contributed by atoms with Crippen LogP contribution >= 0.6 is 9.24 Å². The summed E-state index contributed by atoms with van der Waals surface area (Å²) in [5, 5.41) is 0. The summed E-state index contributed by atoms with van der Waals surface area (Å²) in [6.07, 6.45) is 5.14. The Labute approximate surface area is 76.3 Å². The lowest BCUT2D eigenvalue weighted by Gasteiger charge is -2.25. The number of hydrogen-bond acceptors (Lipinski definition) is 2. The van der Waals surface area contributed by atoms with Crippen molar-refractivity contribution in [3.63, 3.8) is 0 Å². The van der Waals surface area contributed by atoms with Gasteiger partial charge in [-0.1, -0.05) is 6.92 Å². The van der Waals surface area contributed by atoms with Crippen LogP contribution in [0.1, 0.15) is 32.6 Å². The molecule has 0 aromatic rings. The highest BCUT2D eigenvalue weighted by molar-refractivity contribution is 7.18. The van der Waals surface area contributed by atoms with E-state index in [0.717, 1.165) is 18.8 Å². The molecule has 1 fully saturated rings. The molecular formula is C9H17O2P. The van der Waals surface area contributed by atoms with Gasteiger partial charge in [-0.2, -0.15) is 0 Å². The molecule has 1 unspecified atom stereocenters. The Bertz CT molecular complexity index is 151. The molecule has 1 aliphatic carbocycles. The Kier molecular flexibility index (Phi) is 4.00. The smallest absolute Gasteiger partial charge is 0.309 e. The minimum absolute atomic E-state index is 0.0837. The first-order valence-corrected chi connectivity index (χ1v) is 5.43. The quantitative estimate of drug-likeness (QED) is 0.489. The second kappa shape index (κ2) is 4.81. The van der Waals surface area contributed by atoms with Gasteiger partial charge in [0.05, 0.1) is 6.16 Å². The predicted octanol–water partition coefficient (Wildman–Crippen LogP) is 1.98. The summed E-state index contributed by atoms with van der Waals surface area (Å²) in [6, 6.07) is 0. The van der Waals surface area contributed by atoms with E-state index in [1.165, 1.54) is 12.8 Å². The number of carbonyl (C=O) groups excluding carboxylic acids is 1. The van der Waals surface area contributed by atoms with E-state index in [4.69, 9.17) is 4.74 Å². The molecule has 70 valence electrons. The van der Waals surface area contributed by atoms with Crippen molar-refractivity contribution in [2.45, 2.75) is 38.7 Å². The molecule has 2 nitrogen and oxygen atoms in total. The van der Waals surface area contributed by atoms with E-state index in [2.05, 4.69) is 16.2 Å². The first-order chi connectivity index (χ1) is 5.72. The van der Waals surface area contributed by atoms with Crippen molar-refractivity contribution in [2.24, 2.45) is 5.92 Å². The first-order valence-electron chi connectivity index (χ1n) is 4.62. The van der Waals surface area contributed by atoms with Crippen LogP contribution in [0.2, 0.25) is 0 Å². The number of esters is 1. The molecule has 0 bridgehead atoms. The Morgan fingerprint density at radius 1 is 1.42 bits per heavy atom. The molecule has 0 radical (unpaired) electrons. The van der Waals surface area contributed by atoms with Gasteiger partial charge < -0.3 is 4.74 Å². The van der Waals surface area contributed by atoms with Crippen molar-refractivity contribution < 1.29 is 9.53 Å². The molecule has 0 saturated heterocycles. The Balaban J connectivity index is 2.21. The van der Waals surface area contributed by atoms with Crippen LogP contribution in [0.5, 0.6) is 0 Å². The van der Waals surface area contributed by atoms with Crippen LogP contribution in [0.25, 0.3) is 0 Å². The van der Waals surface area contributed by atoms with Crippen molar-refractivity contribution in [3.05, 3.63) is 0 Å². The molecular weight excluding hydrogens is 171 g/mol. The van der Waals surface area contributed by atoms with Crippen molar-refractivity contribution in [1.29, 1.82) is 0 Å². The molecule has 1 atom stereocenters. The van der Waals surface area contributed by atoms with Crippen LogP contribution in [0.4, 0.5) is 0 Å². The minimum Gasteiger partial charge on any atom is -0.462 e. The largest absolute Gasteiger partial charge is 0.462 e. The third-order valence-electron chi connectivity index (χ3n) is 2.43. The normalized spacial score (nSPS) is 29.8. The van der Waals surface area contributed by atoms with Gasteiger partial charge in [0.2, 0.25) is 0 Å². The van der Waals surface area contributed by atoms with Gasteiger partial charge in [-0.25, -0.2) is 0 Å². The zero-order valence-corrected chi connectivity index (χ0v) is 8.74. The van der Waals surface area contributed by atoms with Gasteiger partial charge in [0.15, 0.2) is 0 Å². The summed E-state index contributed by atoms with van der Waals surface area (Å²) in [6.45, 7) is 2.26. The van der Waals surface area contributed by atoms with Crippen LogP contribution in [-0.4, -0.2) is 18.2 Å². The predicted molar refractivity (Wildman–Crippen MR) is 52.1 cm³/mol. The van der Waals surface area contributed by atoms with Crippen molar-refractivity contribution >= 4 is 15.2 Å². The van der Waals surface area contributed by atoms with Crippen LogP contribution in [0.15, 0.2) is 0 Å². The summed E-state index contributed by atoms with van der Waals surface area (Å²) in [5.74, 6) is 0.732. The minimum atomic E-state index is -0.0837. The summed E-state index contributed by atoms with van der Waals surface area (Å²) in [5.41, 5.74) is 0. The molecule has 0 N–H and O–H groups in total. The van der Waals surface area contributed by atoms with Gasteiger partial charge in [0, 0.05) is 0 Å². The topological polar surface area (TPSA) is 26.3 Å². The third kappa shape index (κ3) is 3.10. The number of ether oxygens (including phenoxy) is 1. The van der Waals surface area contributed by atoms with Crippen LogP contribution < -0.4 is 0 Å². The second-order valence-corrected chi connectivity index (χ2v) is 3.98. The lowest BCUT2D eigenvalue weighted by Crippen LogP contribution is -2.23. The Morgan fingerprint density at radius 2 is 2.00 bits per heavy atom. The zero-order chi connectivity index (χ0) is 8.97. The molecule has 0 aromatic heterocycles. The summed E-state index contributed by atoms with van der Waals surface area (Å²) in [7, 11) is 2.39. The third-order valence-corrected chi connectivity index (χ3v) is 2.76. The van der Waals surface area contributed by atoms with E-state index in [-0.39, 0.29) is 12.1 Å². The highest BCUT2D eigenvalue weighted by Gasteiger charge is 2.20. The van der Waals surface area contributed by atoms with E-state index in [9.17, 15) is 4.79 Å². The van der Waals surface area contributed by atoms with Gasteiger partial charge >= 0.3 is 5.97 Å². The van der Waals surface area contributed by atoms with Crippen molar-refractivity contribution in [2.75, 3.05) is 6.16 Å². The highest BCUT2D eigenvalue weighted by atomic mass is 31.0. The molecule has 0 aromatic carbocycles. The maximum atomic E-state index is 10.9. The molecule has 0 heterocycles. The van der Waals surface area contributed by atoms with Crippen LogP contribution in [0.3, 0.4) is 0 Å². The van der Waals surface area contributed by atoms with Gasteiger partial charge in [0.25, 0.3) is 0 Å². The molecule has 1 aliphatic rings. The van der Waals surface area contributed by atoms with E-state index >= 15 is 0 Å². The number of carbonyl (C=O) groups is 1. The highest BCUT2D eigenvalue weighted by Crippen LogP contribution is 2.25. The molecule has 0 spiro atoms. The zero-order valence-electron chi connectivity index (χ0n) is 7.58. The fourth-order valence-corrected chi connectivity index (χ4v) is 1.68. The van der Waals surface area contributed by atoms with Crippen molar-refractivity contribution in [3.8, 4) is 0 Å². The van der Waals surface area contributed by atoms with E-state index < -0.39 is 0 Å². The Morgan fingerprint density at radius 3 is 2.50 bits per heavy atom. The second-order valence-electron chi connectivity index (χ2n) is 3.58. The van der Waals surface area contributed by atoms with Gasteiger partial charge in [-0.3, -0.25) is 4.79 Å². The van der Waals surface area contributed by atoms with Crippen LogP contribution in [-0.2, 0) is 9.53 Å². The van der Waals surface area contributed by atoms with E-state index in [0.29, 0.717) is 6.16 Å². The average molecular weight is 188 g/mol. The Hall–Kier alpha value is -0.100. The molecule has 3 heteroatoms. The molecule has 0 aliphatic heterocycles. The maximum Gasteiger partial charge on any atom is 0.309 e. The molecule has 12 heavy (non-hydrogen) atoms. The van der Waals surface area contributed by atoms with E-state index in [1.807, 2.05) is 0 Å². The van der Waals surface area contributed by atoms with Crippen LogP contribution in [0, 0.1) is 5.92 Å². The SMILES string of the molecule is CC1CCC(OC(=O)CP)CC1. The first kappa shape index (κ1) is 9.98. The standard InChI is InChI=1S/C9H17O2P/c1-7-2-4-8(5-3-7)11-9(10)6-12/h7-8H,2-6,12H2,1H3. The molecule has 1 rings (SSSR count). The lowest BCUT2D eigenvalue weighted by molar-refractivity contribution is -0.147. The summed E-state index contributed by atoms with van der Waals surface area (Å²) in [4.78, 5) is 10.9. The average Bonchev–Trinajstić information content (AvgIpc) is 2.09. The van der Waals surface area contributed by atoms with Gasteiger partial charge in [0.1, 0.15) is 6.10 Å². The molecule has 1 saturated carbocycles. The van der Waals surface area contributed by atoms with Gasteiger partial charge in [-0.15, -0.1) is 9.24 Å². The summed E-state index contributed by atoms with van der Waals surface area (Å²) < 4.78 is 5.23. The summed E-state index contributed by atoms with van der Waals surface area (Å²) >= 11 is 0. The van der Waals surface area contributed by atoms with E-state index in [1.54, 1.807) is 0 Å². The lowest BCUT2D eigenvalue weighted by atomic mass is 9.89. The van der Waals surface area contributed by atoms with Crippen molar-refractivity contribution in [1.82, 2.24) is 0 Å². The fourth-order valence-electron chi connectivity index (χ4n) is 1.58. The fraction of sp³-hybridized carbons (Fsp3) is 0.889. The molecule has 0 amide bonds.